The molecule has 0 aliphatic heterocycles. The number of hydrogen-bond donors (Lipinski definition) is 3. The quantitative estimate of drug-likeness (QED) is 0.260. The van der Waals surface area contributed by atoms with Crippen LogP contribution in [-0.2, 0) is 22.7 Å². The summed E-state index contributed by atoms with van der Waals surface area (Å²) in [5.74, 6) is 0.212. The van der Waals surface area contributed by atoms with Gasteiger partial charge in [0.2, 0.25) is 10.0 Å². The van der Waals surface area contributed by atoms with E-state index in [4.69, 9.17) is 17.3 Å². The minimum atomic E-state index is -3.99. The van der Waals surface area contributed by atoms with Crippen molar-refractivity contribution in [3.8, 4) is 11.3 Å². The molecule has 0 amide bonds. The van der Waals surface area contributed by atoms with E-state index in [1.54, 1.807) is 45.3 Å². The molecule has 4 heterocycles. The molecule has 0 saturated heterocycles. The lowest BCUT2D eigenvalue weighted by atomic mass is 9.97. The first kappa shape index (κ1) is 26.3. The summed E-state index contributed by atoms with van der Waals surface area (Å²) < 4.78 is 31.7. The second-order valence-electron chi connectivity index (χ2n) is 9.37. The number of halogens is 1. The molecule has 1 atom stereocenters. The van der Waals surface area contributed by atoms with Gasteiger partial charge in [0.25, 0.3) is 0 Å². The second kappa shape index (κ2) is 9.75. The maximum atomic E-state index is 13.3. The fraction of sp³-hybridized carbons (Fsp3) is 0.192. The van der Waals surface area contributed by atoms with Gasteiger partial charge in [0, 0.05) is 34.6 Å². The van der Waals surface area contributed by atoms with Crippen molar-refractivity contribution in [1.82, 2.24) is 24.5 Å². The molecule has 4 aromatic heterocycles. The minimum Gasteiger partial charge on any atom is -0.386 e. The topological polar surface area (TPSA) is 136 Å². The zero-order chi connectivity index (χ0) is 27.2. The molecule has 1 unspecified atom stereocenters. The second-order valence-corrected chi connectivity index (χ2v) is 12.6. The number of benzene rings is 1. The van der Waals surface area contributed by atoms with E-state index in [1.807, 2.05) is 30.3 Å². The van der Waals surface area contributed by atoms with Crippen molar-refractivity contribution in [2.24, 2.45) is 7.05 Å². The lowest BCUT2D eigenvalue weighted by Gasteiger charge is -2.18. The number of nitrogens with zero attached hydrogens (tertiary/aromatic N) is 4. The smallest absolute Gasteiger partial charge is 0.244 e. The number of thiophene rings is 1. The first-order valence-corrected chi connectivity index (χ1v) is 14.2. The summed E-state index contributed by atoms with van der Waals surface area (Å²) >= 11 is 7.91. The molecule has 0 spiro atoms. The summed E-state index contributed by atoms with van der Waals surface area (Å²) in [5, 5.41) is 15.7. The van der Waals surface area contributed by atoms with Crippen molar-refractivity contribution in [3.63, 3.8) is 0 Å². The predicted octanol–water partition coefficient (Wildman–Crippen LogP) is 4.62. The minimum absolute atomic E-state index is 0.0134. The van der Waals surface area contributed by atoms with E-state index in [0.717, 1.165) is 21.2 Å². The highest BCUT2D eigenvalue weighted by atomic mass is 35.5. The molecule has 38 heavy (non-hydrogen) atoms. The molecule has 9 nitrogen and oxygen atoms in total. The average molecular weight is 569 g/mol. The third kappa shape index (κ3) is 5.16. The largest absolute Gasteiger partial charge is 0.386 e. The van der Waals surface area contributed by atoms with Crippen molar-refractivity contribution < 1.29 is 13.5 Å². The van der Waals surface area contributed by atoms with E-state index in [1.165, 1.54) is 28.4 Å². The van der Waals surface area contributed by atoms with Gasteiger partial charge < -0.3 is 10.8 Å². The Bertz CT molecular complexity index is 1760. The standard InChI is InChI=1S/C26H25ClN6O3S2/c1-26(2,34)16-9-10-29-20(12-16)18-6-4-5-15-11-21(37-25(15)18)24(23-19(27)7-8-22(28)31-23)32-38(35,36)17-13-30-33(3)14-17/h4-14,24,32,34H,1-3H3,(H2,28,31). The molecule has 0 bridgehead atoms. The molecular formula is C26H25ClN6O3S2. The van der Waals surface area contributed by atoms with Crippen LogP contribution < -0.4 is 10.5 Å². The summed E-state index contributed by atoms with van der Waals surface area (Å²) in [4.78, 5) is 9.60. The van der Waals surface area contributed by atoms with Gasteiger partial charge in [-0.1, -0.05) is 29.8 Å². The highest BCUT2D eigenvalue weighted by molar-refractivity contribution is 7.89. The Hall–Kier alpha value is -3.35. The Kier molecular flexibility index (Phi) is 6.74. The maximum absolute atomic E-state index is 13.3. The van der Waals surface area contributed by atoms with Crippen LogP contribution in [0.25, 0.3) is 21.3 Å². The molecule has 196 valence electrons. The number of anilines is 1. The SMILES string of the molecule is Cn1cc(S(=O)(=O)NC(c2cc3cccc(-c4cc(C(C)(C)O)ccn4)c3s2)c2nc(N)ccc2Cl)cn1. The van der Waals surface area contributed by atoms with E-state index in [2.05, 4.69) is 19.8 Å². The van der Waals surface area contributed by atoms with Gasteiger partial charge in [-0.25, -0.2) is 13.4 Å². The third-order valence-electron chi connectivity index (χ3n) is 6.02. The van der Waals surface area contributed by atoms with Crippen LogP contribution in [0.3, 0.4) is 0 Å². The Morgan fingerprint density at radius 3 is 2.68 bits per heavy atom. The summed E-state index contributed by atoms with van der Waals surface area (Å²) in [6, 6.07) is 13.6. The van der Waals surface area contributed by atoms with Gasteiger partial charge in [0.15, 0.2) is 0 Å². The summed E-state index contributed by atoms with van der Waals surface area (Å²) in [7, 11) is -2.35. The number of aromatic nitrogens is 4. The Labute approximate surface area is 229 Å². The Morgan fingerprint density at radius 1 is 1.18 bits per heavy atom. The number of rotatable bonds is 7. The summed E-state index contributed by atoms with van der Waals surface area (Å²) in [6.07, 6.45) is 4.35. The molecule has 0 fully saturated rings. The predicted molar refractivity (Wildman–Crippen MR) is 149 cm³/mol. The van der Waals surface area contributed by atoms with Gasteiger partial charge in [-0.05, 0) is 55.1 Å². The van der Waals surface area contributed by atoms with Crippen LogP contribution in [-0.4, -0.2) is 33.3 Å². The van der Waals surface area contributed by atoms with Crippen LogP contribution in [0, 0.1) is 0 Å². The Morgan fingerprint density at radius 2 is 1.97 bits per heavy atom. The molecule has 5 aromatic rings. The summed E-state index contributed by atoms with van der Waals surface area (Å²) in [6.45, 7) is 3.44. The van der Waals surface area contributed by atoms with Gasteiger partial charge in [0.05, 0.1) is 34.3 Å². The van der Waals surface area contributed by atoms with Crippen LogP contribution in [0.1, 0.15) is 36.0 Å². The van der Waals surface area contributed by atoms with Gasteiger partial charge >= 0.3 is 0 Å². The van der Waals surface area contributed by atoms with Crippen molar-refractivity contribution in [2.75, 3.05) is 5.73 Å². The number of aliphatic hydroxyl groups is 1. The molecule has 0 aliphatic carbocycles. The van der Waals surface area contributed by atoms with E-state index < -0.39 is 21.7 Å². The molecule has 1 aromatic carbocycles. The van der Waals surface area contributed by atoms with Gasteiger partial charge in [-0.3, -0.25) is 9.67 Å². The van der Waals surface area contributed by atoms with Crippen LogP contribution in [0.5, 0.6) is 0 Å². The van der Waals surface area contributed by atoms with Gasteiger partial charge in [-0.2, -0.15) is 9.82 Å². The highest BCUT2D eigenvalue weighted by Crippen LogP contribution is 2.40. The molecule has 5 rings (SSSR count). The van der Waals surface area contributed by atoms with E-state index in [0.29, 0.717) is 10.6 Å². The monoisotopic (exact) mass is 568 g/mol. The number of pyridine rings is 2. The van der Waals surface area contributed by atoms with Crippen molar-refractivity contribution in [3.05, 3.63) is 88.3 Å². The highest BCUT2D eigenvalue weighted by Gasteiger charge is 2.29. The molecular weight excluding hydrogens is 544 g/mol. The van der Waals surface area contributed by atoms with Gasteiger partial charge in [0.1, 0.15) is 10.7 Å². The van der Waals surface area contributed by atoms with Crippen molar-refractivity contribution in [1.29, 1.82) is 0 Å². The summed E-state index contributed by atoms with van der Waals surface area (Å²) in [5.41, 5.74) is 7.49. The van der Waals surface area contributed by atoms with Crippen LogP contribution in [0.15, 0.2) is 72.0 Å². The molecule has 0 saturated carbocycles. The van der Waals surface area contributed by atoms with Crippen molar-refractivity contribution >= 4 is 48.9 Å². The average Bonchev–Trinajstić information content (AvgIpc) is 3.50. The lowest BCUT2D eigenvalue weighted by molar-refractivity contribution is 0.0785. The van der Waals surface area contributed by atoms with Crippen molar-refractivity contribution in [2.45, 2.75) is 30.4 Å². The number of sulfonamides is 1. The van der Waals surface area contributed by atoms with Crippen LogP contribution >= 0.6 is 22.9 Å². The molecule has 0 radical (unpaired) electrons. The van der Waals surface area contributed by atoms with E-state index in [9.17, 15) is 13.5 Å². The molecule has 4 N–H and O–H groups in total. The molecule has 12 heteroatoms. The first-order valence-electron chi connectivity index (χ1n) is 11.6. The van der Waals surface area contributed by atoms with E-state index >= 15 is 0 Å². The third-order valence-corrected chi connectivity index (χ3v) is 8.97. The Balaban J connectivity index is 1.66. The van der Waals surface area contributed by atoms with Gasteiger partial charge in [-0.15, -0.1) is 11.3 Å². The number of hydrogen-bond acceptors (Lipinski definition) is 8. The zero-order valence-electron chi connectivity index (χ0n) is 20.8. The number of nitrogens with two attached hydrogens (primary N) is 1. The number of fused-ring (bicyclic) bond motifs is 1. The molecule has 0 aliphatic rings. The normalized spacial score (nSPS) is 13.2. The number of aryl methyl sites for hydroxylation is 1. The lowest BCUT2D eigenvalue weighted by Crippen LogP contribution is -2.29. The number of nitrogen functional groups attached to an aromatic ring is 1. The maximum Gasteiger partial charge on any atom is 0.244 e. The first-order chi connectivity index (χ1) is 17.9. The fourth-order valence-corrected chi connectivity index (χ4v) is 6.76. The van der Waals surface area contributed by atoms with Crippen LogP contribution in [0.4, 0.5) is 5.82 Å². The zero-order valence-corrected chi connectivity index (χ0v) is 23.1. The van der Waals surface area contributed by atoms with Crippen LogP contribution in [0.2, 0.25) is 5.02 Å². The number of nitrogens with one attached hydrogen (secondary N) is 1. The fourth-order valence-electron chi connectivity index (χ4n) is 4.07. The van der Waals surface area contributed by atoms with E-state index in [-0.39, 0.29) is 21.4 Å².